The lowest BCUT2D eigenvalue weighted by molar-refractivity contribution is -0.158. The molecule has 0 aliphatic rings. The number of aliphatic hydroxyl groups is 2. The molecule has 0 rings (SSSR count). The molecule has 0 bridgehead atoms. The average Bonchev–Trinajstić information content (AvgIpc) is 1.81. The van der Waals surface area contributed by atoms with Gasteiger partial charge in [0.25, 0.3) is 0 Å². The fraction of sp³-hybridized carbons (Fsp3) is 0.714. The molecular weight excluding hydrogens is 237 g/mol. The third kappa shape index (κ3) is 9.66. The van der Waals surface area contributed by atoms with Gasteiger partial charge in [0, 0.05) is 6.92 Å². The molecule has 1 atom stereocenters. The van der Waals surface area contributed by atoms with Gasteiger partial charge in [0.15, 0.2) is 10.1 Å². The first kappa shape index (κ1) is 16.0. The fourth-order valence-corrected chi connectivity index (χ4v) is 0.846. The molecule has 2 N–H and O–H groups in total. The summed E-state index contributed by atoms with van der Waals surface area (Å²) in [4.78, 5) is 0. The van der Waals surface area contributed by atoms with Crippen LogP contribution >= 0.6 is 24.4 Å². The predicted molar refractivity (Wildman–Crippen MR) is 56.0 cm³/mol. The van der Waals surface area contributed by atoms with Crippen molar-refractivity contribution >= 4 is 34.5 Å². The van der Waals surface area contributed by atoms with Gasteiger partial charge in [-0.15, -0.1) is 0 Å². The smallest absolute Gasteiger partial charge is 0.399 e. The minimum absolute atomic E-state index is 0.000000000000000222. The molecule has 0 aromatic carbocycles. The van der Waals surface area contributed by atoms with Crippen LogP contribution in [0.15, 0.2) is 0 Å². The minimum Gasteiger partial charge on any atom is -0.502 e. The second-order valence-electron chi connectivity index (χ2n) is 2.36. The molecule has 0 aliphatic carbocycles. The lowest BCUT2D eigenvalue weighted by atomic mass is 10.1. The lowest BCUT2D eigenvalue weighted by Gasteiger charge is -2.14. The summed E-state index contributed by atoms with van der Waals surface area (Å²) in [5.74, 6) is -1.84. The summed E-state index contributed by atoms with van der Waals surface area (Å²) in [6.07, 6.45) is -4.61. The van der Waals surface area contributed by atoms with E-state index >= 15 is 0 Å². The predicted octanol–water partition coefficient (Wildman–Crippen LogP) is 3.35. The number of thiocarbonyl (C=S) groups is 2. The monoisotopic (exact) mass is 248 g/mol. The van der Waals surface area contributed by atoms with Crippen molar-refractivity contribution in [2.24, 2.45) is 5.92 Å². The molecule has 7 heteroatoms. The van der Waals surface area contributed by atoms with Gasteiger partial charge >= 0.3 is 6.18 Å². The number of rotatable bonds is 2. The molecule has 84 valence electrons. The van der Waals surface area contributed by atoms with Crippen molar-refractivity contribution in [3.05, 3.63) is 0 Å². The molecule has 0 aliphatic heterocycles. The molecule has 0 fully saturated rings. The summed E-state index contributed by atoms with van der Waals surface area (Å²) in [7, 11) is 0. The summed E-state index contributed by atoms with van der Waals surface area (Å²) >= 11 is 8.09. The summed E-state index contributed by atoms with van der Waals surface area (Å²) < 4.78 is 35.2. The second-order valence-corrected chi connectivity index (χ2v) is 3.37. The maximum Gasteiger partial charge on any atom is 0.399 e. The van der Waals surface area contributed by atoms with Crippen molar-refractivity contribution < 1.29 is 23.4 Å². The average molecular weight is 248 g/mol. The summed E-state index contributed by atoms with van der Waals surface area (Å²) in [5, 5.41) is 15.2. The number of alkyl halides is 3. The van der Waals surface area contributed by atoms with E-state index in [1.54, 1.807) is 0 Å². The van der Waals surface area contributed by atoms with E-state index in [0.29, 0.717) is 0 Å². The molecule has 2 nitrogen and oxygen atoms in total. The van der Waals surface area contributed by atoms with Gasteiger partial charge < -0.3 is 10.2 Å². The molecule has 0 saturated carbocycles. The Bertz CT molecular complexity index is 200. The third-order valence-electron chi connectivity index (χ3n) is 1.10. The van der Waals surface area contributed by atoms with Crippen LogP contribution in [0.25, 0.3) is 0 Å². The molecular formula is C7H11F3O2S2. The highest BCUT2D eigenvalue weighted by atomic mass is 32.1. The van der Waals surface area contributed by atoms with Crippen molar-refractivity contribution in [1.82, 2.24) is 0 Å². The highest BCUT2D eigenvalue weighted by molar-refractivity contribution is 7.80. The van der Waals surface area contributed by atoms with Gasteiger partial charge in [0.1, 0.15) is 5.92 Å². The lowest BCUT2D eigenvalue weighted by Crippen LogP contribution is -2.28. The number of halogens is 3. The molecule has 14 heavy (non-hydrogen) atoms. The summed E-state index contributed by atoms with van der Waals surface area (Å²) in [6, 6.07) is 0. The molecule has 0 aromatic heterocycles. The maximum atomic E-state index is 11.7. The fourth-order valence-electron chi connectivity index (χ4n) is 0.546. The highest BCUT2D eigenvalue weighted by Crippen LogP contribution is 2.29. The first-order valence-electron chi connectivity index (χ1n) is 3.62. The van der Waals surface area contributed by atoms with Crippen LogP contribution in [0.2, 0.25) is 0 Å². The standard InChI is InChI=1S/C5H7F3OS.C2H4OS/c1-2-3(4(9)10)5(6,7)8;1-2(3)4/h3H,2H2,1H3,(H,9,10);1H3,(H,3,4). The Labute approximate surface area is 90.7 Å². The van der Waals surface area contributed by atoms with Gasteiger partial charge in [0.2, 0.25) is 0 Å². The zero-order valence-corrected chi connectivity index (χ0v) is 9.26. The van der Waals surface area contributed by atoms with Crippen LogP contribution in [-0.2, 0) is 0 Å². The van der Waals surface area contributed by atoms with E-state index < -0.39 is 17.1 Å². The Morgan fingerprint density at radius 3 is 1.57 bits per heavy atom. The Morgan fingerprint density at radius 1 is 1.29 bits per heavy atom. The summed E-state index contributed by atoms with van der Waals surface area (Å²) in [6.45, 7) is 2.77. The van der Waals surface area contributed by atoms with E-state index in [4.69, 9.17) is 10.2 Å². The van der Waals surface area contributed by atoms with E-state index in [9.17, 15) is 13.2 Å². The third-order valence-corrected chi connectivity index (χ3v) is 1.39. The van der Waals surface area contributed by atoms with E-state index in [-0.39, 0.29) is 11.5 Å². The van der Waals surface area contributed by atoms with E-state index in [1.807, 2.05) is 0 Å². The number of hydrogen-bond acceptors (Lipinski definition) is 2. The van der Waals surface area contributed by atoms with Crippen LogP contribution in [0.1, 0.15) is 20.3 Å². The minimum atomic E-state index is -4.40. The quantitative estimate of drug-likeness (QED) is 0.735. The molecule has 0 aromatic rings. The Balaban J connectivity index is 0. The first-order chi connectivity index (χ1) is 6.12. The zero-order chi connectivity index (χ0) is 11.9. The van der Waals surface area contributed by atoms with Crippen molar-refractivity contribution in [3.63, 3.8) is 0 Å². The van der Waals surface area contributed by atoms with Crippen LogP contribution in [0.5, 0.6) is 0 Å². The Morgan fingerprint density at radius 2 is 1.57 bits per heavy atom. The molecule has 0 heterocycles. The maximum absolute atomic E-state index is 11.7. The van der Waals surface area contributed by atoms with Gasteiger partial charge in [-0.1, -0.05) is 6.92 Å². The topological polar surface area (TPSA) is 40.5 Å². The van der Waals surface area contributed by atoms with E-state index in [2.05, 4.69) is 24.4 Å². The van der Waals surface area contributed by atoms with Crippen LogP contribution in [0.3, 0.4) is 0 Å². The molecule has 0 radical (unpaired) electrons. The molecule has 0 saturated heterocycles. The normalized spacial score (nSPS) is 12.4. The van der Waals surface area contributed by atoms with Crippen LogP contribution in [0.4, 0.5) is 13.2 Å². The van der Waals surface area contributed by atoms with Crippen molar-refractivity contribution in [1.29, 1.82) is 0 Å². The second kappa shape index (κ2) is 6.94. The molecule has 0 spiro atoms. The number of aliphatic hydroxyl groups excluding tert-OH is 2. The van der Waals surface area contributed by atoms with Crippen molar-refractivity contribution in [2.45, 2.75) is 26.4 Å². The van der Waals surface area contributed by atoms with Crippen LogP contribution < -0.4 is 0 Å². The largest absolute Gasteiger partial charge is 0.502 e. The SMILES string of the molecule is CC(O)=S.CCC(C(O)=S)C(F)(F)F. The number of hydrogen-bond donors (Lipinski definition) is 2. The van der Waals surface area contributed by atoms with Crippen LogP contribution in [-0.4, -0.2) is 26.5 Å². The first-order valence-corrected chi connectivity index (χ1v) is 4.43. The van der Waals surface area contributed by atoms with Gasteiger partial charge in [-0.3, -0.25) is 0 Å². The van der Waals surface area contributed by atoms with Crippen molar-refractivity contribution in [2.75, 3.05) is 0 Å². The summed E-state index contributed by atoms with van der Waals surface area (Å²) in [5.41, 5.74) is 0. The Kier molecular flexibility index (Phi) is 7.94. The van der Waals surface area contributed by atoms with Crippen molar-refractivity contribution in [3.8, 4) is 0 Å². The van der Waals surface area contributed by atoms with Crippen LogP contribution in [0, 0.1) is 5.92 Å². The van der Waals surface area contributed by atoms with E-state index in [1.165, 1.54) is 13.8 Å². The molecule has 0 amide bonds. The Hall–Kier alpha value is -0.430. The van der Waals surface area contributed by atoms with Gasteiger partial charge in [-0.05, 0) is 30.9 Å². The highest BCUT2D eigenvalue weighted by Gasteiger charge is 2.41. The van der Waals surface area contributed by atoms with E-state index in [0.717, 1.165) is 0 Å². The zero-order valence-electron chi connectivity index (χ0n) is 7.63. The van der Waals surface area contributed by atoms with Gasteiger partial charge in [-0.25, -0.2) is 0 Å². The van der Waals surface area contributed by atoms with Gasteiger partial charge in [0.05, 0.1) is 0 Å². The van der Waals surface area contributed by atoms with Gasteiger partial charge in [-0.2, -0.15) is 13.2 Å². The molecule has 1 unspecified atom stereocenters.